The van der Waals surface area contributed by atoms with E-state index in [2.05, 4.69) is 15.5 Å². The number of rotatable bonds is 4. The molecule has 0 saturated heterocycles. The molecule has 0 atom stereocenters. The van der Waals surface area contributed by atoms with Gasteiger partial charge in [0.25, 0.3) is 11.8 Å². The highest BCUT2D eigenvalue weighted by Gasteiger charge is 2.16. The molecule has 2 heterocycles. The van der Waals surface area contributed by atoms with Gasteiger partial charge in [0.15, 0.2) is 5.69 Å². The lowest BCUT2D eigenvalue weighted by Gasteiger charge is -2.02. The van der Waals surface area contributed by atoms with Crippen molar-refractivity contribution < 1.29 is 9.59 Å². The van der Waals surface area contributed by atoms with Gasteiger partial charge in [0.1, 0.15) is 0 Å². The van der Waals surface area contributed by atoms with Gasteiger partial charge in [-0.05, 0) is 12.1 Å². The van der Waals surface area contributed by atoms with E-state index in [1.165, 1.54) is 22.3 Å². The van der Waals surface area contributed by atoms with Crippen LogP contribution in [0.1, 0.15) is 20.8 Å². The Labute approximate surface area is 129 Å². The lowest BCUT2D eigenvalue weighted by molar-refractivity contribution is 0.100. The molecule has 0 radical (unpaired) electrons. The van der Waals surface area contributed by atoms with Gasteiger partial charge in [0.05, 0.1) is 23.1 Å². The molecule has 1 aromatic carbocycles. The van der Waals surface area contributed by atoms with Crippen LogP contribution >= 0.6 is 11.3 Å². The number of anilines is 1. The Hall–Kier alpha value is -3.00. The van der Waals surface area contributed by atoms with Crippen molar-refractivity contribution in [2.45, 2.75) is 0 Å². The number of hydrogen-bond donors (Lipinski definition) is 2. The SMILES string of the molecule is NC(=O)c1cscc1NC(=O)c1cnn(-c2ccccc2)n1. The summed E-state index contributed by atoms with van der Waals surface area (Å²) in [7, 11) is 0. The molecular formula is C14H11N5O2S. The van der Waals surface area contributed by atoms with E-state index in [-0.39, 0.29) is 11.3 Å². The predicted molar refractivity (Wildman–Crippen MR) is 82.1 cm³/mol. The number of hydrogen-bond acceptors (Lipinski definition) is 5. The van der Waals surface area contributed by atoms with Crippen molar-refractivity contribution >= 4 is 28.8 Å². The van der Waals surface area contributed by atoms with Crippen LogP contribution in [0.5, 0.6) is 0 Å². The van der Waals surface area contributed by atoms with E-state index < -0.39 is 11.8 Å². The third-order valence-corrected chi connectivity index (χ3v) is 3.63. The smallest absolute Gasteiger partial charge is 0.277 e. The normalized spacial score (nSPS) is 10.4. The number of amides is 2. The summed E-state index contributed by atoms with van der Waals surface area (Å²) in [6.07, 6.45) is 1.36. The molecule has 7 nitrogen and oxygen atoms in total. The minimum atomic E-state index is -0.593. The molecule has 0 bridgehead atoms. The zero-order chi connectivity index (χ0) is 15.5. The number of nitrogens with one attached hydrogen (secondary N) is 1. The van der Waals surface area contributed by atoms with Crippen LogP contribution in [0.2, 0.25) is 0 Å². The maximum absolute atomic E-state index is 12.2. The third-order valence-electron chi connectivity index (χ3n) is 2.89. The number of para-hydroxylation sites is 1. The van der Waals surface area contributed by atoms with Crippen LogP contribution in [-0.2, 0) is 0 Å². The molecular weight excluding hydrogens is 302 g/mol. The summed E-state index contributed by atoms with van der Waals surface area (Å²) in [6.45, 7) is 0. The van der Waals surface area contributed by atoms with Gasteiger partial charge in [-0.1, -0.05) is 18.2 Å². The van der Waals surface area contributed by atoms with Gasteiger partial charge in [0, 0.05) is 10.8 Å². The van der Waals surface area contributed by atoms with Crippen LogP contribution in [0.25, 0.3) is 5.69 Å². The molecule has 0 aliphatic carbocycles. The number of carbonyl (C=O) groups is 2. The highest BCUT2D eigenvalue weighted by molar-refractivity contribution is 7.08. The molecule has 0 unspecified atom stereocenters. The van der Waals surface area contributed by atoms with Gasteiger partial charge in [-0.3, -0.25) is 9.59 Å². The van der Waals surface area contributed by atoms with Crippen molar-refractivity contribution in [2.75, 3.05) is 5.32 Å². The van der Waals surface area contributed by atoms with E-state index in [0.29, 0.717) is 5.69 Å². The van der Waals surface area contributed by atoms with Crippen LogP contribution in [-0.4, -0.2) is 26.8 Å². The first kappa shape index (κ1) is 14.0. The van der Waals surface area contributed by atoms with Crippen LogP contribution < -0.4 is 11.1 Å². The average molecular weight is 313 g/mol. The summed E-state index contributed by atoms with van der Waals surface area (Å²) >= 11 is 1.28. The Morgan fingerprint density at radius 2 is 1.95 bits per heavy atom. The van der Waals surface area contributed by atoms with E-state index in [1.807, 2.05) is 30.3 Å². The first-order chi connectivity index (χ1) is 10.6. The van der Waals surface area contributed by atoms with E-state index in [0.717, 1.165) is 5.69 Å². The number of nitrogens with zero attached hydrogens (tertiary/aromatic N) is 3. The van der Waals surface area contributed by atoms with Crippen molar-refractivity contribution in [1.82, 2.24) is 15.0 Å². The fourth-order valence-electron chi connectivity index (χ4n) is 1.82. The monoisotopic (exact) mass is 313 g/mol. The summed E-state index contributed by atoms with van der Waals surface area (Å²) in [6, 6.07) is 9.23. The Bertz CT molecular complexity index is 825. The first-order valence-corrected chi connectivity index (χ1v) is 7.24. The van der Waals surface area contributed by atoms with Gasteiger partial charge in [-0.25, -0.2) is 0 Å². The van der Waals surface area contributed by atoms with Crippen LogP contribution in [0.15, 0.2) is 47.3 Å². The molecule has 3 N–H and O–H groups in total. The quantitative estimate of drug-likeness (QED) is 0.764. The van der Waals surface area contributed by atoms with Gasteiger partial charge in [0.2, 0.25) is 0 Å². The zero-order valence-electron chi connectivity index (χ0n) is 11.3. The molecule has 0 aliphatic rings. The lowest BCUT2D eigenvalue weighted by Crippen LogP contribution is -2.17. The minimum Gasteiger partial charge on any atom is -0.366 e. The molecule has 8 heteroatoms. The highest BCUT2D eigenvalue weighted by Crippen LogP contribution is 2.20. The average Bonchev–Trinajstić information content (AvgIpc) is 3.17. The van der Waals surface area contributed by atoms with Crippen molar-refractivity contribution in [1.29, 1.82) is 0 Å². The van der Waals surface area contributed by atoms with Gasteiger partial charge >= 0.3 is 0 Å². The molecule has 0 fully saturated rings. The van der Waals surface area contributed by atoms with Crippen molar-refractivity contribution in [2.24, 2.45) is 5.73 Å². The minimum absolute atomic E-state index is 0.144. The van der Waals surface area contributed by atoms with Crippen molar-refractivity contribution in [3.63, 3.8) is 0 Å². The molecule has 22 heavy (non-hydrogen) atoms. The lowest BCUT2D eigenvalue weighted by atomic mass is 10.2. The van der Waals surface area contributed by atoms with E-state index in [9.17, 15) is 9.59 Å². The zero-order valence-corrected chi connectivity index (χ0v) is 12.1. The highest BCUT2D eigenvalue weighted by atomic mass is 32.1. The van der Waals surface area contributed by atoms with Crippen LogP contribution in [0.3, 0.4) is 0 Å². The Morgan fingerprint density at radius 3 is 2.68 bits per heavy atom. The molecule has 3 aromatic rings. The Kier molecular flexibility index (Phi) is 3.67. The van der Waals surface area contributed by atoms with Crippen LogP contribution in [0, 0.1) is 0 Å². The molecule has 0 aliphatic heterocycles. The number of primary amides is 1. The molecule has 110 valence electrons. The number of aromatic nitrogens is 3. The number of benzene rings is 1. The molecule has 2 amide bonds. The van der Waals surface area contributed by atoms with E-state index in [4.69, 9.17) is 5.73 Å². The number of nitrogens with two attached hydrogens (primary N) is 1. The van der Waals surface area contributed by atoms with E-state index in [1.54, 1.807) is 10.8 Å². The number of carbonyl (C=O) groups excluding carboxylic acids is 2. The molecule has 0 spiro atoms. The largest absolute Gasteiger partial charge is 0.366 e. The van der Waals surface area contributed by atoms with Crippen LogP contribution in [0.4, 0.5) is 5.69 Å². The Balaban J connectivity index is 1.80. The third kappa shape index (κ3) is 2.72. The second kappa shape index (κ2) is 5.78. The maximum atomic E-state index is 12.2. The topological polar surface area (TPSA) is 103 Å². The summed E-state index contributed by atoms with van der Waals surface area (Å²) in [4.78, 5) is 24.8. The standard InChI is InChI=1S/C14H11N5O2S/c15-13(20)10-7-22-8-12(10)17-14(21)11-6-16-19(18-11)9-4-2-1-3-5-9/h1-8H,(H2,15,20)(H,17,21). The number of thiophene rings is 1. The summed E-state index contributed by atoms with van der Waals surface area (Å²) < 4.78 is 0. The van der Waals surface area contributed by atoms with Gasteiger partial charge < -0.3 is 11.1 Å². The Morgan fingerprint density at radius 1 is 1.18 bits per heavy atom. The summed E-state index contributed by atoms with van der Waals surface area (Å²) in [5.74, 6) is -1.05. The first-order valence-electron chi connectivity index (χ1n) is 6.30. The van der Waals surface area contributed by atoms with E-state index >= 15 is 0 Å². The summed E-state index contributed by atoms with van der Waals surface area (Å²) in [5.41, 5.74) is 6.77. The molecule has 3 rings (SSSR count). The maximum Gasteiger partial charge on any atom is 0.277 e. The van der Waals surface area contributed by atoms with Gasteiger partial charge in [-0.15, -0.1) is 16.4 Å². The second-order valence-corrected chi connectivity index (χ2v) is 5.12. The fourth-order valence-corrected chi connectivity index (χ4v) is 2.59. The molecule has 2 aromatic heterocycles. The summed E-state index contributed by atoms with van der Waals surface area (Å²) in [5, 5.41) is 14.0. The second-order valence-electron chi connectivity index (χ2n) is 4.37. The van der Waals surface area contributed by atoms with Crippen molar-refractivity contribution in [3.05, 3.63) is 58.5 Å². The predicted octanol–water partition coefficient (Wildman–Crippen LogP) is 1.68. The molecule has 0 saturated carbocycles. The fraction of sp³-hybridized carbons (Fsp3) is 0. The van der Waals surface area contributed by atoms with Gasteiger partial charge in [-0.2, -0.15) is 9.90 Å². The van der Waals surface area contributed by atoms with Crippen molar-refractivity contribution in [3.8, 4) is 5.69 Å².